The maximum absolute atomic E-state index is 13.4. The summed E-state index contributed by atoms with van der Waals surface area (Å²) in [6, 6.07) is 4.40. The lowest BCUT2D eigenvalue weighted by Crippen LogP contribution is -2.45. The van der Waals surface area contributed by atoms with Crippen LogP contribution in [0.2, 0.25) is 5.02 Å². The number of hydrogen-bond acceptors (Lipinski definition) is 4. The SMILES string of the molecule is CCOC(=O)N1CCC(NCc2c(C(=O)O)c(C)n(Cc3ccc(F)cc3Cl)c2C)CC1. The average molecular weight is 466 g/mol. The monoisotopic (exact) mass is 465 g/mol. The average Bonchev–Trinajstić information content (AvgIpc) is 2.98. The van der Waals surface area contributed by atoms with Crippen molar-refractivity contribution in [1.82, 2.24) is 14.8 Å². The van der Waals surface area contributed by atoms with E-state index in [0.717, 1.165) is 29.7 Å². The van der Waals surface area contributed by atoms with Crippen LogP contribution in [-0.2, 0) is 17.8 Å². The predicted molar refractivity (Wildman–Crippen MR) is 120 cm³/mol. The van der Waals surface area contributed by atoms with Crippen LogP contribution in [0.1, 0.15) is 52.6 Å². The van der Waals surface area contributed by atoms with Gasteiger partial charge in [0.05, 0.1) is 12.2 Å². The molecule has 7 nitrogen and oxygen atoms in total. The Bertz CT molecular complexity index is 1000. The Balaban J connectivity index is 1.73. The van der Waals surface area contributed by atoms with Gasteiger partial charge in [0.2, 0.25) is 0 Å². The second-order valence-corrected chi connectivity index (χ2v) is 8.40. The molecule has 1 aromatic carbocycles. The summed E-state index contributed by atoms with van der Waals surface area (Å²) in [5.74, 6) is -1.40. The smallest absolute Gasteiger partial charge is 0.409 e. The van der Waals surface area contributed by atoms with E-state index in [1.165, 1.54) is 12.1 Å². The first kappa shape index (κ1) is 24.1. The van der Waals surface area contributed by atoms with Gasteiger partial charge in [-0.1, -0.05) is 17.7 Å². The van der Waals surface area contributed by atoms with E-state index in [-0.39, 0.29) is 17.7 Å². The zero-order valence-corrected chi connectivity index (χ0v) is 19.3. The van der Waals surface area contributed by atoms with E-state index in [0.29, 0.717) is 43.5 Å². The Morgan fingerprint density at radius 2 is 1.94 bits per heavy atom. The molecule has 0 unspecified atom stereocenters. The predicted octanol–water partition coefficient (Wildman–Crippen LogP) is 4.35. The molecular formula is C23H29ClFN3O4. The molecular weight excluding hydrogens is 437 g/mol. The number of ether oxygens (including phenoxy) is 1. The van der Waals surface area contributed by atoms with Gasteiger partial charge < -0.3 is 24.6 Å². The summed E-state index contributed by atoms with van der Waals surface area (Å²) >= 11 is 6.19. The molecule has 3 rings (SSSR count). The van der Waals surface area contributed by atoms with Crippen molar-refractivity contribution in [3.8, 4) is 0 Å². The van der Waals surface area contributed by atoms with Crippen molar-refractivity contribution in [3.63, 3.8) is 0 Å². The first-order valence-electron chi connectivity index (χ1n) is 10.7. The van der Waals surface area contributed by atoms with Crippen molar-refractivity contribution in [2.45, 2.75) is 52.7 Å². The minimum Gasteiger partial charge on any atom is -0.478 e. The van der Waals surface area contributed by atoms with Crippen LogP contribution in [0.4, 0.5) is 9.18 Å². The van der Waals surface area contributed by atoms with E-state index < -0.39 is 11.8 Å². The summed E-state index contributed by atoms with van der Waals surface area (Å²) in [6.07, 6.45) is 1.25. The number of halogens is 2. The molecule has 1 aliphatic rings. The molecule has 2 heterocycles. The van der Waals surface area contributed by atoms with E-state index in [9.17, 15) is 19.1 Å². The number of nitrogens with zero attached hydrogens (tertiary/aromatic N) is 2. The van der Waals surface area contributed by atoms with Crippen molar-refractivity contribution in [3.05, 3.63) is 57.1 Å². The quantitative estimate of drug-likeness (QED) is 0.635. The van der Waals surface area contributed by atoms with Crippen LogP contribution in [0.25, 0.3) is 0 Å². The normalized spacial score (nSPS) is 14.6. The second kappa shape index (κ2) is 10.4. The number of likely N-dealkylation sites (tertiary alicyclic amines) is 1. The van der Waals surface area contributed by atoms with Gasteiger partial charge in [-0.2, -0.15) is 0 Å². The van der Waals surface area contributed by atoms with Crippen molar-refractivity contribution >= 4 is 23.7 Å². The number of aromatic nitrogens is 1. The fraction of sp³-hybridized carbons (Fsp3) is 0.478. The highest BCUT2D eigenvalue weighted by Crippen LogP contribution is 2.27. The number of amides is 1. The van der Waals surface area contributed by atoms with Crippen molar-refractivity contribution in [2.24, 2.45) is 0 Å². The molecule has 1 aromatic heterocycles. The molecule has 0 aliphatic carbocycles. The Labute approximate surface area is 192 Å². The van der Waals surface area contributed by atoms with E-state index >= 15 is 0 Å². The lowest BCUT2D eigenvalue weighted by atomic mass is 10.0. The first-order chi connectivity index (χ1) is 15.2. The third-order valence-electron chi connectivity index (χ3n) is 6.06. The number of benzene rings is 1. The van der Waals surface area contributed by atoms with Gasteiger partial charge in [-0.15, -0.1) is 0 Å². The van der Waals surface area contributed by atoms with E-state index in [4.69, 9.17) is 16.3 Å². The summed E-state index contributed by atoms with van der Waals surface area (Å²) in [7, 11) is 0. The van der Waals surface area contributed by atoms with Crippen LogP contribution < -0.4 is 5.32 Å². The number of carboxylic acids is 1. The Morgan fingerprint density at radius 3 is 2.53 bits per heavy atom. The van der Waals surface area contributed by atoms with Crippen LogP contribution in [0.5, 0.6) is 0 Å². The van der Waals surface area contributed by atoms with Crippen LogP contribution in [0.3, 0.4) is 0 Å². The van der Waals surface area contributed by atoms with Crippen molar-refractivity contribution in [1.29, 1.82) is 0 Å². The largest absolute Gasteiger partial charge is 0.478 e. The number of nitrogens with one attached hydrogen (secondary N) is 1. The standard InChI is InChI=1S/C23H29ClFN3O4/c1-4-32-23(31)27-9-7-18(8-10-27)26-12-19-14(2)28(15(3)21(19)22(29)30)13-16-5-6-17(25)11-20(16)24/h5-6,11,18,26H,4,7-10,12-13H2,1-3H3,(H,29,30). The first-order valence-corrected chi connectivity index (χ1v) is 11.1. The van der Waals surface area contributed by atoms with Crippen LogP contribution in [0.15, 0.2) is 18.2 Å². The molecule has 0 radical (unpaired) electrons. The molecule has 1 amide bonds. The van der Waals surface area contributed by atoms with Gasteiger partial charge in [-0.3, -0.25) is 0 Å². The molecule has 2 N–H and O–H groups in total. The molecule has 0 atom stereocenters. The van der Waals surface area contributed by atoms with Gasteiger partial charge in [0.25, 0.3) is 0 Å². The van der Waals surface area contributed by atoms with Gasteiger partial charge in [-0.05, 0) is 51.3 Å². The van der Waals surface area contributed by atoms with Gasteiger partial charge in [-0.25, -0.2) is 14.0 Å². The van der Waals surface area contributed by atoms with Gasteiger partial charge in [0, 0.05) is 54.2 Å². The summed E-state index contributed by atoms with van der Waals surface area (Å²) in [5, 5.41) is 13.6. The highest BCUT2D eigenvalue weighted by molar-refractivity contribution is 6.31. The van der Waals surface area contributed by atoms with Crippen LogP contribution in [0, 0.1) is 19.7 Å². The molecule has 1 fully saturated rings. The zero-order valence-electron chi connectivity index (χ0n) is 18.6. The van der Waals surface area contributed by atoms with Gasteiger partial charge in [0.1, 0.15) is 5.82 Å². The van der Waals surface area contributed by atoms with E-state index in [2.05, 4.69) is 5.32 Å². The molecule has 1 aliphatic heterocycles. The molecule has 32 heavy (non-hydrogen) atoms. The lowest BCUT2D eigenvalue weighted by molar-refractivity contribution is 0.0693. The summed E-state index contributed by atoms with van der Waals surface area (Å²) in [6.45, 7) is 7.76. The summed E-state index contributed by atoms with van der Waals surface area (Å²) in [4.78, 5) is 25.6. The van der Waals surface area contributed by atoms with Crippen LogP contribution in [-0.4, -0.2) is 52.4 Å². The molecule has 0 bridgehead atoms. The van der Waals surface area contributed by atoms with Gasteiger partial charge >= 0.3 is 12.1 Å². The highest BCUT2D eigenvalue weighted by atomic mass is 35.5. The molecule has 1 saturated heterocycles. The van der Waals surface area contributed by atoms with Crippen molar-refractivity contribution in [2.75, 3.05) is 19.7 Å². The minimum absolute atomic E-state index is 0.178. The third-order valence-corrected chi connectivity index (χ3v) is 6.41. The molecule has 174 valence electrons. The maximum Gasteiger partial charge on any atom is 0.409 e. The third kappa shape index (κ3) is 5.24. The van der Waals surface area contributed by atoms with Gasteiger partial charge in [0.15, 0.2) is 0 Å². The number of carbonyl (C=O) groups is 2. The minimum atomic E-state index is -0.983. The fourth-order valence-corrected chi connectivity index (χ4v) is 4.46. The Morgan fingerprint density at radius 1 is 1.25 bits per heavy atom. The Kier molecular flexibility index (Phi) is 7.79. The number of aromatic carboxylic acids is 1. The summed E-state index contributed by atoms with van der Waals surface area (Å²) in [5.41, 5.74) is 3.18. The van der Waals surface area contributed by atoms with Crippen LogP contribution >= 0.6 is 11.6 Å². The molecule has 2 aromatic rings. The van der Waals surface area contributed by atoms with Crippen molar-refractivity contribution < 1.29 is 23.8 Å². The van der Waals surface area contributed by atoms with E-state index in [1.807, 2.05) is 11.5 Å². The zero-order chi connectivity index (χ0) is 23.4. The fourth-order valence-electron chi connectivity index (χ4n) is 4.23. The molecule has 0 saturated carbocycles. The van der Waals surface area contributed by atoms with E-state index in [1.54, 1.807) is 24.8 Å². The maximum atomic E-state index is 13.4. The summed E-state index contributed by atoms with van der Waals surface area (Å²) < 4.78 is 20.4. The molecule has 0 spiro atoms. The second-order valence-electron chi connectivity index (χ2n) is 7.99. The number of rotatable bonds is 7. The number of carboxylic acid groups (broad SMARTS) is 1. The lowest BCUT2D eigenvalue weighted by Gasteiger charge is -2.31. The highest BCUT2D eigenvalue weighted by Gasteiger charge is 2.26. The number of hydrogen-bond donors (Lipinski definition) is 2. The number of piperidine rings is 1. The Hall–Kier alpha value is -2.58. The topological polar surface area (TPSA) is 83.8 Å². The molecule has 9 heteroatoms. The number of carbonyl (C=O) groups excluding carboxylic acids is 1.